The molecule has 6 rings (SSSR count). The second-order valence-electron chi connectivity index (χ2n) is 7.83. The Morgan fingerprint density at radius 2 is 2.03 bits per heavy atom. The van der Waals surface area contributed by atoms with Crippen molar-refractivity contribution in [3.05, 3.63) is 75.6 Å². The lowest BCUT2D eigenvalue weighted by atomic mass is 10.0. The molecule has 5 aromatic rings. The summed E-state index contributed by atoms with van der Waals surface area (Å²) in [7, 11) is 0. The molecule has 2 aromatic carbocycles. The van der Waals surface area contributed by atoms with Crippen LogP contribution in [0.3, 0.4) is 0 Å². The number of rotatable bonds is 4. The molecule has 0 unspecified atom stereocenters. The van der Waals surface area contributed by atoms with E-state index in [1.54, 1.807) is 18.2 Å². The molecule has 10 heteroatoms. The summed E-state index contributed by atoms with van der Waals surface area (Å²) >= 11 is 0. The van der Waals surface area contributed by atoms with Gasteiger partial charge >= 0.3 is 5.97 Å². The third-order valence-electron chi connectivity index (χ3n) is 5.99. The predicted molar refractivity (Wildman–Crippen MR) is 117 cm³/mol. The fraction of sp³-hybridized carbons (Fsp3) is 0.130. The van der Waals surface area contributed by atoms with Gasteiger partial charge in [-0.1, -0.05) is 6.07 Å². The summed E-state index contributed by atoms with van der Waals surface area (Å²) in [5.74, 6) is -1.22. The van der Waals surface area contributed by atoms with Crippen molar-refractivity contribution >= 4 is 27.9 Å². The van der Waals surface area contributed by atoms with E-state index in [0.717, 1.165) is 5.56 Å². The molecular weight excluding hydrogens is 429 g/mol. The monoisotopic (exact) mass is 445 g/mol. The largest absolute Gasteiger partial charge is 0.492 e. The Labute approximate surface area is 184 Å². The number of hydrogen-bond acceptors (Lipinski definition) is 5. The lowest BCUT2D eigenvalue weighted by Gasteiger charge is -2.10. The average Bonchev–Trinajstić information content (AvgIpc) is 3.51. The standard InChI is InChI=1S/C23H16FN5O4/c24-14-9-16-15(26-28-27-16)8-12(14)10-29-17-4-3-11-5-7-33-21(11)19(17)18(20(29)23(31)32)13-2-1-6-25-22(13)30/h1-4,6,8-9H,5,7,10H2,(H,25,30)(H,31,32)(H,26,27,28). The lowest BCUT2D eigenvalue weighted by molar-refractivity contribution is 0.0687. The highest BCUT2D eigenvalue weighted by molar-refractivity contribution is 6.11. The third kappa shape index (κ3) is 2.84. The van der Waals surface area contributed by atoms with Crippen molar-refractivity contribution < 1.29 is 19.0 Å². The number of fused-ring (bicyclic) bond motifs is 4. The van der Waals surface area contributed by atoms with Gasteiger partial charge in [-0.25, -0.2) is 9.18 Å². The first-order valence-electron chi connectivity index (χ1n) is 10.2. The molecule has 0 radical (unpaired) electrons. The van der Waals surface area contributed by atoms with Gasteiger partial charge in [-0.3, -0.25) is 4.79 Å². The Hall–Kier alpha value is -4.47. The van der Waals surface area contributed by atoms with Gasteiger partial charge in [0.2, 0.25) is 0 Å². The number of benzene rings is 2. The van der Waals surface area contributed by atoms with Crippen molar-refractivity contribution in [1.82, 2.24) is 25.0 Å². The van der Waals surface area contributed by atoms with Crippen LogP contribution in [0.2, 0.25) is 0 Å². The smallest absolute Gasteiger partial charge is 0.353 e. The number of H-pyrrole nitrogens is 2. The molecule has 0 spiro atoms. The van der Waals surface area contributed by atoms with Crippen LogP contribution in [0.4, 0.5) is 4.39 Å². The van der Waals surface area contributed by atoms with Gasteiger partial charge in [0.1, 0.15) is 28.3 Å². The van der Waals surface area contributed by atoms with Crippen molar-refractivity contribution in [1.29, 1.82) is 0 Å². The molecule has 0 fully saturated rings. The van der Waals surface area contributed by atoms with E-state index < -0.39 is 17.3 Å². The number of carboxylic acids is 1. The molecular formula is C23H16FN5O4. The van der Waals surface area contributed by atoms with Crippen LogP contribution < -0.4 is 10.3 Å². The van der Waals surface area contributed by atoms with Crippen LogP contribution in [0.1, 0.15) is 21.6 Å². The first-order valence-corrected chi connectivity index (χ1v) is 10.2. The van der Waals surface area contributed by atoms with E-state index >= 15 is 0 Å². The minimum atomic E-state index is -1.24. The van der Waals surface area contributed by atoms with Crippen LogP contribution >= 0.6 is 0 Å². The van der Waals surface area contributed by atoms with Gasteiger partial charge in [-0.15, -0.1) is 0 Å². The summed E-state index contributed by atoms with van der Waals surface area (Å²) in [6, 6.07) is 9.66. The third-order valence-corrected chi connectivity index (χ3v) is 5.99. The maximum Gasteiger partial charge on any atom is 0.353 e. The van der Waals surface area contributed by atoms with E-state index in [4.69, 9.17) is 4.74 Å². The number of aromatic amines is 2. The molecule has 0 saturated heterocycles. The number of aromatic nitrogens is 5. The van der Waals surface area contributed by atoms with Crippen molar-refractivity contribution in [2.24, 2.45) is 0 Å². The quantitative estimate of drug-likeness (QED) is 0.390. The number of halogens is 1. The number of hydrogen-bond donors (Lipinski definition) is 3. The van der Waals surface area contributed by atoms with E-state index in [9.17, 15) is 19.1 Å². The number of nitrogens with one attached hydrogen (secondary N) is 2. The zero-order valence-corrected chi connectivity index (χ0v) is 17.1. The van der Waals surface area contributed by atoms with Crippen molar-refractivity contribution in [2.45, 2.75) is 13.0 Å². The van der Waals surface area contributed by atoms with E-state index in [2.05, 4.69) is 20.4 Å². The van der Waals surface area contributed by atoms with Crippen LogP contribution in [-0.4, -0.2) is 42.6 Å². The Balaban J connectivity index is 1.69. The molecule has 0 bridgehead atoms. The summed E-state index contributed by atoms with van der Waals surface area (Å²) in [6.45, 7) is 0.375. The SMILES string of the molecule is O=C(O)c1c(-c2ccc[nH]c2=O)c2c3c(ccc2n1Cc1cc2n[nH]nc2cc1F)CCO3. The van der Waals surface area contributed by atoms with Crippen molar-refractivity contribution in [3.8, 4) is 16.9 Å². The number of aromatic carboxylic acids is 1. The van der Waals surface area contributed by atoms with E-state index in [1.807, 2.05) is 6.07 Å². The van der Waals surface area contributed by atoms with E-state index in [-0.39, 0.29) is 28.9 Å². The molecule has 4 heterocycles. The Kier molecular flexibility index (Phi) is 4.09. The number of carboxylic acid groups (broad SMARTS) is 1. The first-order chi connectivity index (χ1) is 16.0. The van der Waals surface area contributed by atoms with Crippen LogP contribution in [0.5, 0.6) is 5.75 Å². The second kappa shape index (κ2) is 7.02. The van der Waals surface area contributed by atoms with Crippen molar-refractivity contribution in [2.75, 3.05) is 6.61 Å². The molecule has 3 aromatic heterocycles. The van der Waals surface area contributed by atoms with Crippen LogP contribution in [0.25, 0.3) is 33.1 Å². The summed E-state index contributed by atoms with van der Waals surface area (Å²) in [5, 5.41) is 21.1. The fourth-order valence-corrected chi connectivity index (χ4v) is 4.55. The topological polar surface area (TPSA) is 126 Å². The first kappa shape index (κ1) is 19.2. The van der Waals surface area contributed by atoms with Gasteiger partial charge in [0.15, 0.2) is 0 Å². The second-order valence-corrected chi connectivity index (χ2v) is 7.83. The van der Waals surface area contributed by atoms with E-state index in [1.165, 1.54) is 22.9 Å². The maximum absolute atomic E-state index is 14.9. The average molecular weight is 445 g/mol. The van der Waals surface area contributed by atoms with Crippen molar-refractivity contribution in [3.63, 3.8) is 0 Å². The van der Waals surface area contributed by atoms with Crippen LogP contribution in [-0.2, 0) is 13.0 Å². The Morgan fingerprint density at radius 1 is 1.21 bits per heavy atom. The highest BCUT2D eigenvalue weighted by Gasteiger charge is 2.30. The normalized spacial score (nSPS) is 12.9. The molecule has 0 saturated carbocycles. The predicted octanol–water partition coefficient (Wildman–Crippen LogP) is 3.09. The molecule has 0 amide bonds. The summed E-state index contributed by atoms with van der Waals surface area (Å²) in [6.07, 6.45) is 2.16. The molecule has 0 aliphatic carbocycles. The molecule has 1 aliphatic heterocycles. The summed E-state index contributed by atoms with van der Waals surface area (Å²) < 4.78 is 22.3. The molecule has 0 atom stereocenters. The summed E-state index contributed by atoms with van der Waals surface area (Å²) in [4.78, 5) is 27.9. The molecule has 3 N–H and O–H groups in total. The molecule has 1 aliphatic rings. The fourth-order valence-electron chi connectivity index (χ4n) is 4.55. The molecule has 33 heavy (non-hydrogen) atoms. The zero-order valence-electron chi connectivity index (χ0n) is 17.1. The van der Waals surface area contributed by atoms with Gasteiger partial charge in [0.05, 0.1) is 29.6 Å². The Morgan fingerprint density at radius 3 is 2.82 bits per heavy atom. The van der Waals surface area contributed by atoms with E-state index in [0.29, 0.717) is 40.7 Å². The number of nitrogens with zero attached hydrogens (tertiary/aromatic N) is 3. The number of ether oxygens (including phenoxy) is 1. The number of pyridine rings is 1. The minimum Gasteiger partial charge on any atom is -0.492 e. The van der Waals surface area contributed by atoms with Crippen LogP contribution in [0, 0.1) is 5.82 Å². The molecule has 9 nitrogen and oxygen atoms in total. The maximum atomic E-state index is 14.9. The highest BCUT2D eigenvalue weighted by Crippen LogP contribution is 2.43. The Bertz CT molecular complexity index is 1650. The summed E-state index contributed by atoms with van der Waals surface area (Å²) in [5.41, 5.74) is 2.45. The van der Waals surface area contributed by atoms with Gasteiger partial charge in [0, 0.05) is 29.8 Å². The zero-order chi connectivity index (χ0) is 22.7. The minimum absolute atomic E-state index is 0.0870. The van der Waals surface area contributed by atoms with Gasteiger partial charge in [0.25, 0.3) is 5.56 Å². The molecule has 164 valence electrons. The van der Waals surface area contributed by atoms with Gasteiger partial charge < -0.3 is 19.4 Å². The van der Waals surface area contributed by atoms with Gasteiger partial charge in [-0.05, 0) is 29.8 Å². The lowest BCUT2D eigenvalue weighted by Crippen LogP contribution is -2.14. The highest BCUT2D eigenvalue weighted by atomic mass is 19.1. The number of carbonyl (C=O) groups is 1. The van der Waals surface area contributed by atoms with Crippen LogP contribution in [0.15, 0.2) is 47.4 Å². The van der Waals surface area contributed by atoms with Gasteiger partial charge in [-0.2, -0.15) is 15.4 Å².